The molecule has 8 heteroatoms. The van der Waals surface area contributed by atoms with Crippen molar-refractivity contribution in [1.82, 2.24) is 39.3 Å². The lowest BCUT2D eigenvalue weighted by Gasteiger charge is -2.10. The van der Waals surface area contributed by atoms with Gasteiger partial charge in [-0.05, 0) is 18.1 Å². The van der Waals surface area contributed by atoms with E-state index < -0.39 is 0 Å². The Morgan fingerprint density at radius 1 is 0.958 bits per heavy atom. The fraction of sp³-hybridized carbons (Fsp3) is 0.250. The van der Waals surface area contributed by atoms with Crippen molar-refractivity contribution in [2.45, 2.75) is 20.4 Å². The molecule has 0 N–H and O–H groups in total. The van der Waals surface area contributed by atoms with Crippen LogP contribution in [-0.4, -0.2) is 39.3 Å². The van der Waals surface area contributed by atoms with Gasteiger partial charge in [-0.1, -0.05) is 13.8 Å². The van der Waals surface area contributed by atoms with E-state index in [0.717, 1.165) is 23.7 Å². The number of hydrogen-bond donors (Lipinski definition) is 0. The number of nitrogens with zero attached hydrogens (tertiary/aromatic N) is 8. The highest BCUT2D eigenvalue weighted by molar-refractivity contribution is 5.74. The highest BCUT2D eigenvalue weighted by atomic mass is 15.4. The predicted octanol–water partition coefficient (Wildman–Crippen LogP) is 2.12. The van der Waals surface area contributed by atoms with Crippen LogP contribution in [0.2, 0.25) is 0 Å². The topological polar surface area (TPSA) is 87.2 Å². The molecule has 0 aromatic carbocycles. The van der Waals surface area contributed by atoms with Crippen molar-refractivity contribution < 1.29 is 0 Å². The van der Waals surface area contributed by atoms with E-state index in [1.165, 1.54) is 0 Å². The van der Waals surface area contributed by atoms with Gasteiger partial charge in [0.05, 0.1) is 6.20 Å². The molecule has 4 heterocycles. The minimum absolute atomic E-state index is 0.433. The first kappa shape index (κ1) is 14.4. The molecule has 24 heavy (non-hydrogen) atoms. The lowest BCUT2D eigenvalue weighted by atomic mass is 10.2. The molecule has 0 bridgehead atoms. The first-order chi connectivity index (χ1) is 11.7. The van der Waals surface area contributed by atoms with Crippen molar-refractivity contribution in [3.63, 3.8) is 0 Å². The summed E-state index contributed by atoms with van der Waals surface area (Å²) in [5.41, 5.74) is 1.48. The molecule has 120 valence electrons. The molecule has 0 aliphatic carbocycles. The molecule has 0 atom stereocenters. The zero-order chi connectivity index (χ0) is 16.5. The highest BCUT2D eigenvalue weighted by Crippen LogP contribution is 2.20. The molecule has 0 saturated carbocycles. The van der Waals surface area contributed by atoms with Crippen molar-refractivity contribution in [2.75, 3.05) is 0 Å². The first-order valence-corrected chi connectivity index (χ1v) is 7.73. The second kappa shape index (κ2) is 5.80. The summed E-state index contributed by atoms with van der Waals surface area (Å²) in [7, 11) is 0. The van der Waals surface area contributed by atoms with Crippen molar-refractivity contribution >= 4 is 11.2 Å². The summed E-state index contributed by atoms with van der Waals surface area (Å²) >= 11 is 0. The fourth-order valence-corrected chi connectivity index (χ4v) is 2.52. The summed E-state index contributed by atoms with van der Waals surface area (Å²) in [5, 5.41) is 4.29. The average Bonchev–Trinajstić information content (AvgIpc) is 3.23. The quantitative estimate of drug-likeness (QED) is 0.572. The van der Waals surface area contributed by atoms with Crippen LogP contribution in [0.25, 0.3) is 28.8 Å². The average molecular weight is 320 g/mol. The Morgan fingerprint density at radius 3 is 2.50 bits per heavy atom. The molecule has 0 unspecified atom stereocenters. The number of hydrogen-bond acceptors (Lipinski definition) is 6. The molecule has 0 saturated heterocycles. The molecule has 0 aliphatic rings. The van der Waals surface area contributed by atoms with E-state index in [1.807, 2.05) is 12.3 Å². The first-order valence-electron chi connectivity index (χ1n) is 7.73. The van der Waals surface area contributed by atoms with Gasteiger partial charge in [0.1, 0.15) is 5.52 Å². The third-order valence-corrected chi connectivity index (χ3v) is 3.49. The molecular formula is C16H16N8. The maximum atomic E-state index is 4.65. The van der Waals surface area contributed by atoms with Gasteiger partial charge in [-0.3, -0.25) is 4.57 Å². The lowest BCUT2D eigenvalue weighted by molar-refractivity contribution is 0.518. The third kappa shape index (κ3) is 2.51. The van der Waals surface area contributed by atoms with Crippen LogP contribution in [-0.2, 0) is 6.54 Å². The monoisotopic (exact) mass is 320 g/mol. The maximum absolute atomic E-state index is 4.65. The van der Waals surface area contributed by atoms with Crippen molar-refractivity contribution in [2.24, 2.45) is 5.92 Å². The van der Waals surface area contributed by atoms with E-state index >= 15 is 0 Å². The van der Waals surface area contributed by atoms with E-state index in [-0.39, 0.29) is 0 Å². The van der Waals surface area contributed by atoms with Gasteiger partial charge in [-0.2, -0.15) is 5.10 Å². The molecule has 0 amide bonds. The molecule has 8 nitrogen and oxygen atoms in total. The number of imidazole rings is 1. The largest absolute Gasteiger partial charge is 0.293 e. The molecular weight excluding hydrogens is 304 g/mol. The second-order valence-corrected chi connectivity index (χ2v) is 5.84. The summed E-state index contributed by atoms with van der Waals surface area (Å²) < 4.78 is 3.80. The molecule has 4 aromatic rings. The van der Waals surface area contributed by atoms with Crippen LogP contribution < -0.4 is 0 Å². The minimum Gasteiger partial charge on any atom is -0.293 e. The van der Waals surface area contributed by atoms with Crippen LogP contribution in [0.4, 0.5) is 0 Å². The van der Waals surface area contributed by atoms with Crippen LogP contribution in [0.3, 0.4) is 0 Å². The SMILES string of the molecule is CC(C)Cn1c(-n2cccn2)nc2cnc(-c3ncccn3)nc21. The zero-order valence-corrected chi connectivity index (χ0v) is 13.4. The summed E-state index contributed by atoms with van der Waals surface area (Å²) in [6.45, 7) is 5.08. The van der Waals surface area contributed by atoms with Gasteiger partial charge >= 0.3 is 0 Å². The summed E-state index contributed by atoms with van der Waals surface area (Å²) in [5.74, 6) is 2.14. The Labute approximate surface area is 138 Å². The van der Waals surface area contributed by atoms with Gasteiger partial charge in [0.2, 0.25) is 5.95 Å². The van der Waals surface area contributed by atoms with Gasteiger partial charge in [-0.25, -0.2) is 29.6 Å². The third-order valence-electron chi connectivity index (χ3n) is 3.49. The van der Waals surface area contributed by atoms with Crippen molar-refractivity contribution in [3.05, 3.63) is 43.1 Å². The summed E-state index contributed by atoms with van der Waals surface area (Å²) in [6.07, 6.45) is 8.66. The number of rotatable bonds is 4. The lowest BCUT2D eigenvalue weighted by Crippen LogP contribution is -2.11. The van der Waals surface area contributed by atoms with Crippen LogP contribution in [0.5, 0.6) is 0 Å². The van der Waals surface area contributed by atoms with Crippen LogP contribution in [0, 0.1) is 5.92 Å². The minimum atomic E-state index is 0.433. The second-order valence-electron chi connectivity index (χ2n) is 5.84. The van der Waals surface area contributed by atoms with E-state index in [9.17, 15) is 0 Å². The van der Waals surface area contributed by atoms with Gasteiger partial charge in [0.15, 0.2) is 17.3 Å². The maximum Gasteiger partial charge on any atom is 0.233 e. The standard InChI is InChI=1S/C16H16N8/c1-11(2)10-23-15-12(21-16(23)24-8-4-7-20-24)9-19-14(22-15)13-17-5-3-6-18-13/h3-9,11H,10H2,1-2H3. The normalized spacial score (nSPS) is 11.5. The Morgan fingerprint density at radius 2 is 1.79 bits per heavy atom. The van der Waals surface area contributed by atoms with E-state index in [0.29, 0.717) is 17.6 Å². The van der Waals surface area contributed by atoms with Gasteiger partial charge < -0.3 is 0 Å². The van der Waals surface area contributed by atoms with Gasteiger partial charge in [0.25, 0.3) is 0 Å². The smallest absolute Gasteiger partial charge is 0.233 e. The molecule has 0 aliphatic heterocycles. The Hall–Kier alpha value is -3.16. The molecule has 4 rings (SSSR count). The predicted molar refractivity (Wildman–Crippen MR) is 88.3 cm³/mol. The number of aromatic nitrogens is 8. The number of fused-ring (bicyclic) bond motifs is 1. The molecule has 0 radical (unpaired) electrons. The van der Waals surface area contributed by atoms with Crippen LogP contribution >= 0.6 is 0 Å². The fourth-order valence-electron chi connectivity index (χ4n) is 2.52. The Kier molecular flexibility index (Phi) is 3.49. The highest BCUT2D eigenvalue weighted by Gasteiger charge is 2.17. The van der Waals surface area contributed by atoms with E-state index in [4.69, 9.17) is 0 Å². The molecule has 0 fully saturated rings. The van der Waals surface area contributed by atoms with Gasteiger partial charge in [0, 0.05) is 31.3 Å². The summed E-state index contributed by atoms with van der Waals surface area (Å²) in [4.78, 5) is 22.1. The van der Waals surface area contributed by atoms with Gasteiger partial charge in [-0.15, -0.1) is 0 Å². The molecule has 4 aromatic heterocycles. The zero-order valence-electron chi connectivity index (χ0n) is 13.4. The molecule has 0 spiro atoms. The van der Waals surface area contributed by atoms with Crippen molar-refractivity contribution in [1.29, 1.82) is 0 Å². The summed E-state index contributed by atoms with van der Waals surface area (Å²) in [6, 6.07) is 3.63. The van der Waals surface area contributed by atoms with Crippen molar-refractivity contribution in [3.8, 4) is 17.6 Å². The Balaban J connectivity index is 1.92. The van der Waals surface area contributed by atoms with Crippen LogP contribution in [0.1, 0.15) is 13.8 Å². The van der Waals surface area contributed by atoms with E-state index in [2.05, 4.69) is 48.4 Å². The van der Waals surface area contributed by atoms with E-state index in [1.54, 1.807) is 35.5 Å². The Bertz CT molecular complexity index is 957. The van der Waals surface area contributed by atoms with Crippen LogP contribution in [0.15, 0.2) is 43.1 Å².